The molecule has 2 aromatic rings. The van der Waals surface area contributed by atoms with E-state index < -0.39 is 6.10 Å². The number of ether oxygens (including phenoxy) is 1. The maximum absolute atomic E-state index is 10.5. The predicted octanol–water partition coefficient (Wildman–Crippen LogP) is 5.19. The van der Waals surface area contributed by atoms with Crippen molar-refractivity contribution >= 4 is 47.8 Å². The van der Waals surface area contributed by atoms with Gasteiger partial charge in [0.2, 0.25) is 0 Å². The minimum atomic E-state index is -0.568. The van der Waals surface area contributed by atoms with Crippen molar-refractivity contribution in [3.63, 3.8) is 0 Å². The average molecular weight is 477 g/mol. The van der Waals surface area contributed by atoms with Crippen molar-refractivity contribution in [3.05, 3.63) is 60.4 Å². The molecule has 0 saturated heterocycles. The Morgan fingerprint density at radius 2 is 1.67 bits per heavy atom. The topological polar surface area (TPSA) is 29.5 Å². The summed E-state index contributed by atoms with van der Waals surface area (Å²) in [6.07, 6.45) is 0.895. The Labute approximate surface area is 148 Å². The second kappa shape index (κ2) is 6.41. The molecular weight excluding hydrogens is 464 g/mol. The molecule has 0 bridgehead atoms. The quantitative estimate of drug-likeness (QED) is 0.661. The number of hydrogen-bond donors (Lipinski definition) is 1. The molecule has 0 spiro atoms. The van der Waals surface area contributed by atoms with E-state index in [1.165, 1.54) is 5.56 Å². The average Bonchev–Trinajstić information content (AvgIpc) is 2.85. The molecule has 2 nitrogen and oxygen atoms in total. The molecule has 1 atom stereocenters. The molecule has 1 aliphatic rings. The fourth-order valence-electron chi connectivity index (χ4n) is 2.59. The summed E-state index contributed by atoms with van der Waals surface area (Å²) in [4.78, 5) is 0. The van der Waals surface area contributed by atoms with Crippen LogP contribution in [-0.4, -0.2) is 11.7 Å². The van der Waals surface area contributed by atoms with Gasteiger partial charge in [0.1, 0.15) is 5.75 Å². The number of hydrogen-bond acceptors (Lipinski definition) is 2. The molecule has 0 fully saturated rings. The van der Waals surface area contributed by atoms with Gasteiger partial charge >= 0.3 is 0 Å². The van der Waals surface area contributed by atoms with Crippen LogP contribution < -0.4 is 4.74 Å². The van der Waals surface area contributed by atoms with Gasteiger partial charge in [0.15, 0.2) is 0 Å². The molecule has 0 aliphatic carbocycles. The summed E-state index contributed by atoms with van der Waals surface area (Å²) in [5.41, 5.74) is 3.13. The van der Waals surface area contributed by atoms with Gasteiger partial charge in [-0.05, 0) is 47.0 Å². The summed E-state index contributed by atoms with van der Waals surface area (Å²) in [7, 11) is 0. The maximum Gasteiger partial charge on any atom is 0.125 e. The Bertz CT molecular complexity index is 665. The van der Waals surface area contributed by atoms with Gasteiger partial charge in [-0.3, -0.25) is 0 Å². The van der Waals surface area contributed by atoms with Crippen LogP contribution in [0.15, 0.2) is 43.7 Å². The number of halogens is 3. The molecule has 110 valence electrons. The van der Waals surface area contributed by atoms with Crippen LogP contribution in [-0.2, 0) is 12.8 Å². The molecular formula is C16H13Br3O2. The Morgan fingerprint density at radius 1 is 1.00 bits per heavy atom. The van der Waals surface area contributed by atoms with Gasteiger partial charge in [0.05, 0.1) is 12.7 Å². The highest BCUT2D eigenvalue weighted by Crippen LogP contribution is 2.36. The predicted molar refractivity (Wildman–Crippen MR) is 93.8 cm³/mol. The molecule has 1 unspecified atom stereocenters. The second-order valence-electron chi connectivity index (χ2n) is 5.07. The highest BCUT2D eigenvalue weighted by Gasteiger charge is 2.20. The molecule has 5 heteroatoms. The van der Waals surface area contributed by atoms with Crippen LogP contribution in [0.4, 0.5) is 0 Å². The van der Waals surface area contributed by atoms with Crippen LogP contribution in [0.5, 0.6) is 5.75 Å². The number of aliphatic hydroxyl groups excluding tert-OH is 1. The summed E-state index contributed by atoms with van der Waals surface area (Å²) in [5.74, 6) is 0.936. The van der Waals surface area contributed by atoms with Gasteiger partial charge in [0, 0.05) is 26.3 Å². The lowest BCUT2D eigenvalue weighted by atomic mass is 9.99. The minimum absolute atomic E-state index is 0.532. The summed E-state index contributed by atoms with van der Waals surface area (Å²) >= 11 is 10.4. The first kappa shape index (κ1) is 15.5. The van der Waals surface area contributed by atoms with Gasteiger partial charge in [-0.15, -0.1) is 0 Å². The second-order valence-corrected chi connectivity index (χ2v) is 7.82. The number of benzene rings is 2. The maximum atomic E-state index is 10.5. The first-order chi connectivity index (χ1) is 10.0. The number of fused-ring (bicyclic) bond motifs is 1. The van der Waals surface area contributed by atoms with Crippen molar-refractivity contribution in [3.8, 4) is 5.75 Å². The van der Waals surface area contributed by atoms with E-state index in [0.29, 0.717) is 6.42 Å². The standard InChI is InChI=1S/C16H13Br3O2/c17-12-3-9-1-2-21-16(9)11(6-12)7-15(20)10-4-13(18)8-14(19)5-10/h3-6,8,15,20H,1-2,7H2. The molecule has 0 saturated carbocycles. The molecule has 1 N–H and O–H groups in total. The molecule has 3 rings (SSSR count). The Balaban J connectivity index is 1.90. The lowest BCUT2D eigenvalue weighted by Crippen LogP contribution is -2.03. The van der Waals surface area contributed by atoms with Gasteiger partial charge in [0.25, 0.3) is 0 Å². The van der Waals surface area contributed by atoms with Crippen molar-refractivity contribution in [2.75, 3.05) is 6.61 Å². The summed E-state index contributed by atoms with van der Waals surface area (Å²) in [5, 5.41) is 10.5. The van der Waals surface area contributed by atoms with Crippen LogP contribution >= 0.6 is 47.8 Å². The van der Waals surface area contributed by atoms with Crippen LogP contribution in [0, 0.1) is 0 Å². The third kappa shape index (κ3) is 3.52. The van der Waals surface area contributed by atoms with Gasteiger partial charge in [-0.25, -0.2) is 0 Å². The van der Waals surface area contributed by atoms with Gasteiger partial charge in [-0.1, -0.05) is 47.8 Å². The SMILES string of the molecule is OC(Cc1cc(Br)cc2c1OCC2)c1cc(Br)cc(Br)c1. The Morgan fingerprint density at radius 3 is 2.38 bits per heavy atom. The third-order valence-corrected chi connectivity index (χ3v) is 4.88. The Hall–Kier alpha value is -0.360. The van der Waals surface area contributed by atoms with Crippen molar-refractivity contribution in [1.29, 1.82) is 0 Å². The summed E-state index contributed by atoms with van der Waals surface area (Å²) in [6, 6.07) is 9.95. The molecule has 0 radical (unpaired) electrons. The number of rotatable bonds is 3. The normalized spacial score (nSPS) is 14.7. The molecule has 0 aromatic heterocycles. The highest BCUT2D eigenvalue weighted by molar-refractivity contribution is 9.11. The fourth-order valence-corrected chi connectivity index (χ4v) is 4.47. The summed E-state index contributed by atoms with van der Waals surface area (Å²) < 4.78 is 8.64. The van der Waals surface area contributed by atoms with Gasteiger partial charge in [-0.2, -0.15) is 0 Å². The zero-order valence-corrected chi connectivity index (χ0v) is 15.8. The number of aliphatic hydroxyl groups is 1. The smallest absolute Gasteiger partial charge is 0.125 e. The molecule has 1 aliphatic heterocycles. The van der Waals surface area contributed by atoms with E-state index in [9.17, 15) is 5.11 Å². The largest absolute Gasteiger partial charge is 0.493 e. The monoisotopic (exact) mass is 474 g/mol. The van der Waals surface area contributed by atoms with E-state index in [4.69, 9.17) is 4.74 Å². The van der Waals surface area contributed by atoms with E-state index in [-0.39, 0.29) is 0 Å². The van der Waals surface area contributed by atoms with Crippen molar-refractivity contribution < 1.29 is 9.84 Å². The molecule has 2 aromatic carbocycles. The van der Waals surface area contributed by atoms with Crippen LogP contribution in [0.3, 0.4) is 0 Å². The summed E-state index contributed by atoms with van der Waals surface area (Å²) in [6.45, 7) is 0.720. The van der Waals surface area contributed by atoms with Crippen LogP contribution in [0.25, 0.3) is 0 Å². The van der Waals surface area contributed by atoms with Crippen molar-refractivity contribution in [2.45, 2.75) is 18.9 Å². The van der Waals surface area contributed by atoms with E-state index in [0.717, 1.165) is 43.3 Å². The lowest BCUT2D eigenvalue weighted by molar-refractivity contribution is 0.177. The van der Waals surface area contributed by atoms with E-state index >= 15 is 0 Å². The fraction of sp³-hybridized carbons (Fsp3) is 0.250. The van der Waals surface area contributed by atoms with Gasteiger partial charge < -0.3 is 9.84 Å². The highest BCUT2D eigenvalue weighted by atomic mass is 79.9. The minimum Gasteiger partial charge on any atom is -0.493 e. The lowest BCUT2D eigenvalue weighted by Gasteiger charge is -2.15. The molecule has 1 heterocycles. The van der Waals surface area contributed by atoms with Crippen molar-refractivity contribution in [1.82, 2.24) is 0 Å². The first-order valence-electron chi connectivity index (χ1n) is 6.61. The zero-order chi connectivity index (χ0) is 15.0. The molecule has 21 heavy (non-hydrogen) atoms. The molecule has 0 amide bonds. The zero-order valence-electron chi connectivity index (χ0n) is 11.1. The van der Waals surface area contributed by atoms with E-state index in [1.807, 2.05) is 24.3 Å². The van der Waals surface area contributed by atoms with Crippen LogP contribution in [0.1, 0.15) is 22.8 Å². The first-order valence-corrected chi connectivity index (χ1v) is 8.99. The van der Waals surface area contributed by atoms with E-state index in [2.05, 4.69) is 53.9 Å². The van der Waals surface area contributed by atoms with Crippen molar-refractivity contribution in [2.24, 2.45) is 0 Å². The van der Waals surface area contributed by atoms with Crippen LogP contribution in [0.2, 0.25) is 0 Å². The Kier molecular flexibility index (Phi) is 4.74. The van der Waals surface area contributed by atoms with E-state index in [1.54, 1.807) is 0 Å². The third-order valence-electron chi connectivity index (χ3n) is 3.51.